The van der Waals surface area contributed by atoms with Crippen LogP contribution in [0.3, 0.4) is 0 Å². The second kappa shape index (κ2) is 8.67. The fourth-order valence-electron chi connectivity index (χ4n) is 4.94. The first-order valence-corrected chi connectivity index (χ1v) is 10.9. The number of rotatable bonds is 4. The number of para-hydroxylation sites is 1. The molecule has 33 heavy (non-hydrogen) atoms. The highest BCUT2D eigenvalue weighted by atomic mass is 19.1. The molecule has 0 radical (unpaired) electrons. The van der Waals surface area contributed by atoms with Gasteiger partial charge in [-0.3, -0.25) is 4.79 Å². The number of carbonyl (C=O) groups excluding carboxylic acids is 2. The fraction of sp³-hybridized carbons (Fsp3) is 0.231. The molecule has 2 fully saturated rings. The Bertz CT molecular complexity index is 1170. The summed E-state index contributed by atoms with van der Waals surface area (Å²) in [6.07, 6.45) is 0. The molecule has 5 rings (SSSR count). The Morgan fingerprint density at radius 2 is 1.64 bits per heavy atom. The average molecular weight is 445 g/mol. The second-order valence-corrected chi connectivity index (χ2v) is 8.42. The van der Waals surface area contributed by atoms with Crippen LogP contribution >= 0.6 is 0 Å². The molecule has 0 spiro atoms. The lowest BCUT2D eigenvalue weighted by molar-refractivity contribution is -0.159. The maximum absolute atomic E-state index is 13.9. The van der Waals surface area contributed by atoms with Gasteiger partial charge in [0.2, 0.25) is 5.91 Å². The summed E-state index contributed by atoms with van der Waals surface area (Å²) in [6.45, 7) is 0.0648. The van der Waals surface area contributed by atoms with E-state index in [1.807, 2.05) is 54.6 Å². The molecule has 7 heteroatoms. The van der Waals surface area contributed by atoms with Crippen LogP contribution in [0, 0.1) is 5.82 Å². The maximum Gasteiger partial charge on any atom is 0.322 e. The van der Waals surface area contributed by atoms with Gasteiger partial charge in [0.25, 0.3) is 0 Å². The first kappa shape index (κ1) is 21.2. The SMILES string of the molecule is O=C(Nc1ccccc1F)N1CC(=O)N2[C@H](CO)[C@@H](c3ccc(-c4ccccc4)cc3)[C@H]2C1. The van der Waals surface area contributed by atoms with Crippen molar-refractivity contribution in [3.8, 4) is 11.1 Å². The Kier molecular flexibility index (Phi) is 5.56. The number of nitrogens with one attached hydrogen (secondary N) is 1. The van der Waals surface area contributed by atoms with Crippen molar-refractivity contribution >= 4 is 17.6 Å². The highest BCUT2D eigenvalue weighted by Crippen LogP contribution is 2.43. The largest absolute Gasteiger partial charge is 0.394 e. The second-order valence-electron chi connectivity index (χ2n) is 8.42. The minimum Gasteiger partial charge on any atom is -0.394 e. The Morgan fingerprint density at radius 3 is 2.33 bits per heavy atom. The first-order valence-electron chi connectivity index (χ1n) is 10.9. The summed E-state index contributed by atoms with van der Waals surface area (Å²) in [5, 5.41) is 12.5. The van der Waals surface area contributed by atoms with Crippen LogP contribution in [0.25, 0.3) is 11.1 Å². The molecular weight excluding hydrogens is 421 g/mol. The van der Waals surface area contributed by atoms with E-state index in [2.05, 4.69) is 5.32 Å². The number of aliphatic hydroxyl groups is 1. The van der Waals surface area contributed by atoms with Gasteiger partial charge >= 0.3 is 6.03 Å². The van der Waals surface area contributed by atoms with E-state index in [1.54, 1.807) is 17.0 Å². The third-order valence-electron chi connectivity index (χ3n) is 6.56. The van der Waals surface area contributed by atoms with E-state index >= 15 is 0 Å². The molecule has 2 heterocycles. The van der Waals surface area contributed by atoms with Crippen LogP contribution < -0.4 is 5.32 Å². The zero-order valence-electron chi connectivity index (χ0n) is 17.9. The number of fused-ring (bicyclic) bond motifs is 1. The normalized spacial score (nSPS) is 21.9. The molecule has 2 saturated heterocycles. The molecule has 2 aliphatic heterocycles. The number of urea groups is 1. The zero-order valence-corrected chi connectivity index (χ0v) is 17.9. The minimum absolute atomic E-state index is 0.0762. The van der Waals surface area contributed by atoms with E-state index in [0.29, 0.717) is 6.54 Å². The number of amides is 3. The average Bonchev–Trinajstić information content (AvgIpc) is 2.82. The quantitative estimate of drug-likeness (QED) is 0.643. The third-order valence-corrected chi connectivity index (χ3v) is 6.56. The van der Waals surface area contributed by atoms with Gasteiger partial charge in [0.05, 0.1) is 24.4 Å². The van der Waals surface area contributed by atoms with Crippen LogP contribution in [0.4, 0.5) is 14.9 Å². The van der Waals surface area contributed by atoms with Crippen LogP contribution in [-0.4, -0.2) is 58.6 Å². The van der Waals surface area contributed by atoms with Gasteiger partial charge in [0, 0.05) is 12.5 Å². The lowest BCUT2D eigenvalue weighted by atomic mass is 9.73. The number of halogens is 1. The topological polar surface area (TPSA) is 72.9 Å². The molecule has 0 saturated carbocycles. The lowest BCUT2D eigenvalue weighted by Gasteiger charge is -2.58. The maximum atomic E-state index is 13.9. The molecule has 3 atom stereocenters. The summed E-state index contributed by atoms with van der Waals surface area (Å²) in [6, 6.07) is 23.0. The van der Waals surface area contributed by atoms with Gasteiger partial charge in [-0.1, -0.05) is 66.7 Å². The predicted molar refractivity (Wildman–Crippen MR) is 123 cm³/mol. The first-order chi connectivity index (χ1) is 16.1. The van der Waals surface area contributed by atoms with Crippen molar-refractivity contribution < 1.29 is 19.1 Å². The summed E-state index contributed by atoms with van der Waals surface area (Å²) in [4.78, 5) is 28.7. The van der Waals surface area contributed by atoms with Crippen molar-refractivity contribution in [1.29, 1.82) is 0 Å². The van der Waals surface area contributed by atoms with Gasteiger partial charge in [-0.2, -0.15) is 0 Å². The fourth-order valence-corrected chi connectivity index (χ4v) is 4.94. The molecule has 3 aromatic carbocycles. The Hall–Kier alpha value is -3.71. The van der Waals surface area contributed by atoms with E-state index < -0.39 is 11.8 Å². The van der Waals surface area contributed by atoms with Crippen molar-refractivity contribution in [2.75, 3.05) is 25.0 Å². The van der Waals surface area contributed by atoms with E-state index in [-0.39, 0.29) is 42.7 Å². The highest BCUT2D eigenvalue weighted by molar-refractivity contribution is 5.94. The monoisotopic (exact) mass is 445 g/mol. The Labute approximate surface area is 191 Å². The number of piperazine rings is 1. The Morgan fingerprint density at radius 1 is 0.970 bits per heavy atom. The van der Waals surface area contributed by atoms with Crippen LogP contribution in [0.1, 0.15) is 11.5 Å². The predicted octanol–water partition coefficient (Wildman–Crippen LogP) is 3.70. The zero-order chi connectivity index (χ0) is 22.9. The number of hydrogen-bond acceptors (Lipinski definition) is 3. The van der Waals surface area contributed by atoms with E-state index in [4.69, 9.17) is 0 Å². The standard InChI is InChI=1S/C26H24FN3O3/c27-20-8-4-5-9-21(20)28-26(33)29-14-22-25(23(16-31)30(22)24(32)15-29)19-12-10-18(11-13-19)17-6-2-1-3-7-17/h1-13,22-23,25,31H,14-16H2,(H,28,33)/t22-,23-,25+/m1/s1. The highest BCUT2D eigenvalue weighted by Gasteiger charge is 2.54. The van der Waals surface area contributed by atoms with Gasteiger partial charge < -0.3 is 20.2 Å². The molecule has 6 nitrogen and oxygen atoms in total. The van der Waals surface area contributed by atoms with Crippen molar-refractivity contribution in [3.05, 3.63) is 90.2 Å². The van der Waals surface area contributed by atoms with Gasteiger partial charge in [0.1, 0.15) is 12.4 Å². The van der Waals surface area contributed by atoms with Crippen molar-refractivity contribution in [1.82, 2.24) is 9.80 Å². The summed E-state index contributed by atoms with van der Waals surface area (Å²) < 4.78 is 13.9. The number of anilines is 1. The molecule has 2 aliphatic rings. The number of nitrogens with zero attached hydrogens (tertiary/aromatic N) is 2. The summed E-state index contributed by atoms with van der Waals surface area (Å²) in [5.41, 5.74) is 3.29. The molecule has 2 N–H and O–H groups in total. The number of carbonyl (C=O) groups is 2. The van der Waals surface area contributed by atoms with E-state index in [0.717, 1.165) is 16.7 Å². The third kappa shape index (κ3) is 3.85. The summed E-state index contributed by atoms with van der Waals surface area (Å²) in [5.74, 6) is -0.838. The number of aliphatic hydroxyl groups excluding tert-OH is 1. The Balaban J connectivity index is 1.35. The van der Waals surface area contributed by atoms with Crippen LogP contribution in [0.2, 0.25) is 0 Å². The minimum atomic E-state index is -0.531. The smallest absolute Gasteiger partial charge is 0.322 e. The molecule has 0 aromatic heterocycles. The van der Waals surface area contributed by atoms with Gasteiger partial charge in [0.15, 0.2) is 0 Å². The van der Waals surface area contributed by atoms with Crippen molar-refractivity contribution in [2.45, 2.75) is 18.0 Å². The van der Waals surface area contributed by atoms with Crippen LogP contribution in [-0.2, 0) is 4.79 Å². The molecule has 0 bridgehead atoms. The molecule has 168 valence electrons. The lowest BCUT2D eigenvalue weighted by Crippen LogP contribution is -2.73. The van der Waals surface area contributed by atoms with E-state index in [1.165, 1.54) is 17.0 Å². The number of hydrogen-bond donors (Lipinski definition) is 2. The number of benzene rings is 3. The summed E-state index contributed by atoms with van der Waals surface area (Å²) >= 11 is 0. The van der Waals surface area contributed by atoms with Gasteiger partial charge in [-0.15, -0.1) is 0 Å². The van der Waals surface area contributed by atoms with Gasteiger partial charge in [-0.25, -0.2) is 9.18 Å². The van der Waals surface area contributed by atoms with E-state index in [9.17, 15) is 19.1 Å². The molecular formula is C26H24FN3O3. The molecule has 0 aliphatic carbocycles. The van der Waals surface area contributed by atoms with Crippen LogP contribution in [0.5, 0.6) is 0 Å². The molecule has 3 aromatic rings. The van der Waals surface area contributed by atoms with Crippen LogP contribution in [0.15, 0.2) is 78.9 Å². The molecule has 0 unspecified atom stereocenters. The summed E-state index contributed by atoms with van der Waals surface area (Å²) in [7, 11) is 0. The molecule has 3 amide bonds. The van der Waals surface area contributed by atoms with Crippen molar-refractivity contribution in [3.63, 3.8) is 0 Å². The van der Waals surface area contributed by atoms with Crippen molar-refractivity contribution in [2.24, 2.45) is 0 Å². The van der Waals surface area contributed by atoms with Gasteiger partial charge in [-0.05, 0) is 28.8 Å².